The molecule has 3 nitrogen and oxygen atoms in total. The van der Waals surface area contributed by atoms with Gasteiger partial charge in [0.1, 0.15) is 5.75 Å². The topological polar surface area (TPSA) is 55.5 Å². The first-order valence-electron chi connectivity index (χ1n) is 4.71. The van der Waals surface area contributed by atoms with Crippen LogP contribution >= 0.6 is 15.9 Å². The summed E-state index contributed by atoms with van der Waals surface area (Å²) < 4.78 is 6.18. The SMILES string of the molecule is COc1c(Br)cccc1CC(C)(N)CO. The number of aliphatic hydroxyl groups is 1. The number of halogens is 1. The van der Waals surface area contributed by atoms with Crippen LogP contribution in [0.1, 0.15) is 12.5 Å². The van der Waals surface area contributed by atoms with Crippen molar-refractivity contribution in [3.63, 3.8) is 0 Å². The smallest absolute Gasteiger partial charge is 0.136 e. The third-order valence-corrected chi connectivity index (χ3v) is 2.83. The van der Waals surface area contributed by atoms with Crippen LogP contribution in [0, 0.1) is 0 Å². The second kappa shape index (κ2) is 4.96. The molecule has 0 spiro atoms. The number of hydrogen-bond donors (Lipinski definition) is 2. The van der Waals surface area contributed by atoms with Gasteiger partial charge in [-0.1, -0.05) is 12.1 Å². The molecule has 0 aliphatic rings. The maximum absolute atomic E-state index is 9.11. The maximum atomic E-state index is 9.11. The quantitative estimate of drug-likeness (QED) is 0.878. The number of benzene rings is 1. The van der Waals surface area contributed by atoms with Crippen LogP contribution in [0.3, 0.4) is 0 Å². The summed E-state index contributed by atoms with van der Waals surface area (Å²) in [5.41, 5.74) is 6.28. The Bertz CT molecular complexity index is 339. The van der Waals surface area contributed by atoms with E-state index >= 15 is 0 Å². The number of para-hydroxylation sites is 1. The van der Waals surface area contributed by atoms with Crippen molar-refractivity contribution in [2.45, 2.75) is 18.9 Å². The van der Waals surface area contributed by atoms with Gasteiger partial charge in [-0.3, -0.25) is 0 Å². The van der Waals surface area contributed by atoms with Gasteiger partial charge in [0.2, 0.25) is 0 Å². The minimum atomic E-state index is -0.617. The van der Waals surface area contributed by atoms with E-state index in [-0.39, 0.29) is 6.61 Å². The van der Waals surface area contributed by atoms with Gasteiger partial charge in [0.25, 0.3) is 0 Å². The standard InChI is InChI=1S/C11H16BrNO2/c1-11(13,7-14)6-8-4-3-5-9(12)10(8)15-2/h3-5,14H,6-7,13H2,1-2H3. The lowest BCUT2D eigenvalue weighted by Crippen LogP contribution is -2.42. The largest absolute Gasteiger partial charge is 0.495 e. The third kappa shape index (κ3) is 3.19. The lowest BCUT2D eigenvalue weighted by Gasteiger charge is -2.23. The number of aliphatic hydroxyl groups excluding tert-OH is 1. The summed E-state index contributed by atoms with van der Waals surface area (Å²) in [5.74, 6) is 0.780. The summed E-state index contributed by atoms with van der Waals surface area (Å²) in [4.78, 5) is 0. The van der Waals surface area contributed by atoms with Gasteiger partial charge in [0.05, 0.1) is 18.2 Å². The molecule has 1 aromatic rings. The molecule has 0 aromatic heterocycles. The molecule has 0 aliphatic heterocycles. The zero-order chi connectivity index (χ0) is 11.5. The molecule has 1 unspecified atom stereocenters. The first kappa shape index (κ1) is 12.5. The molecule has 15 heavy (non-hydrogen) atoms. The lowest BCUT2D eigenvalue weighted by molar-refractivity contribution is 0.207. The van der Waals surface area contributed by atoms with Crippen LogP contribution in [0.5, 0.6) is 5.75 Å². The van der Waals surface area contributed by atoms with Crippen LogP contribution in [0.25, 0.3) is 0 Å². The van der Waals surface area contributed by atoms with E-state index in [4.69, 9.17) is 15.6 Å². The lowest BCUT2D eigenvalue weighted by atomic mass is 9.94. The monoisotopic (exact) mass is 273 g/mol. The summed E-state index contributed by atoms with van der Waals surface area (Å²) in [6, 6.07) is 5.79. The molecule has 0 fully saturated rings. The zero-order valence-corrected chi connectivity index (χ0v) is 10.5. The van der Waals surface area contributed by atoms with Crippen molar-refractivity contribution in [1.29, 1.82) is 0 Å². The molecule has 0 bridgehead atoms. The van der Waals surface area contributed by atoms with Gasteiger partial charge in [0.15, 0.2) is 0 Å². The average molecular weight is 274 g/mol. The van der Waals surface area contributed by atoms with Gasteiger partial charge < -0.3 is 15.6 Å². The van der Waals surface area contributed by atoms with E-state index in [0.717, 1.165) is 15.8 Å². The Hall–Kier alpha value is -0.580. The second-order valence-corrected chi connectivity index (χ2v) is 4.78. The highest BCUT2D eigenvalue weighted by atomic mass is 79.9. The fourth-order valence-corrected chi connectivity index (χ4v) is 1.98. The van der Waals surface area contributed by atoms with Gasteiger partial charge in [-0.2, -0.15) is 0 Å². The van der Waals surface area contributed by atoms with Crippen molar-refractivity contribution in [2.75, 3.05) is 13.7 Å². The number of rotatable bonds is 4. The molecule has 1 atom stereocenters. The number of hydrogen-bond acceptors (Lipinski definition) is 3. The molecule has 1 rings (SSSR count). The molecule has 0 heterocycles. The first-order valence-corrected chi connectivity index (χ1v) is 5.50. The molecule has 0 radical (unpaired) electrons. The minimum Gasteiger partial charge on any atom is -0.495 e. The summed E-state index contributed by atoms with van der Waals surface area (Å²) in [6.07, 6.45) is 0.576. The van der Waals surface area contributed by atoms with Gasteiger partial charge in [-0.25, -0.2) is 0 Å². The van der Waals surface area contributed by atoms with Crippen LogP contribution < -0.4 is 10.5 Å². The predicted molar refractivity (Wildman–Crippen MR) is 64.1 cm³/mol. The van der Waals surface area contributed by atoms with Gasteiger partial charge in [-0.15, -0.1) is 0 Å². The molecule has 0 aliphatic carbocycles. The van der Waals surface area contributed by atoms with E-state index in [2.05, 4.69) is 15.9 Å². The molecule has 0 amide bonds. The van der Waals surface area contributed by atoms with Crippen molar-refractivity contribution in [2.24, 2.45) is 5.73 Å². The number of ether oxygens (including phenoxy) is 1. The summed E-state index contributed by atoms with van der Waals surface area (Å²) in [5, 5.41) is 9.11. The van der Waals surface area contributed by atoms with Crippen LogP contribution in [-0.4, -0.2) is 24.4 Å². The molecule has 84 valence electrons. The first-order chi connectivity index (χ1) is 7.00. The van der Waals surface area contributed by atoms with Crippen molar-refractivity contribution in [3.8, 4) is 5.75 Å². The molecular weight excluding hydrogens is 258 g/mol. The summed E-state index contributed by atoms with van der Waals surface area (Å²) in [7, 11) is 1.62. The third-order valence-electron chi connectivity index (χ3n) is 2.21. The molecule has 0 saturated carbocycles. The van der Waals surface area contributed by atoms with Crippen LogP contribution in [-0.2, 0) is 6.42 Å². The van der Waals surface area contributed by atoms with E-state index in [1.165, 1.54) is 0 Å². The van der Waals surface area contributed by atoms with E-state index in [1.807, 2.05) is 25.1 Å². The highest BCUT2D eigenvalue weighted by molar-refractivity contribution is 9.10. The molecular formula is C11H16BrNO2. The van der Waals surface area contributed by atoms with Crippen molar-refractivity contribution >= 4 is 15.9 Å². The van der Waals surface area contributed by atoms with Crippen molar-refractivity contribution in [1.82, 2.24) is 0 Å². The Morgan fingerprint density at radius 2 is 2.20 bits per heavy atom. The highest BCUT2D eigenvalue weighted by Gasteiger charge is 2.20. The number of nitrogens with two attached hydrogens (primary N) is 1. The molecule has 1 aromatic carbocycles. The highest BCUT2D eigenvalue weighted by Crippen LogP contribution is 2.30. The average Bonchev–Trinajstić information content (AvgIpc) is 2.18. The van der Waals surface area contributed by atoms with Gasteiger partial charge in [0, 0.05) is 5.54 Å². The molecule has 3 N–H and O–H groups in total. The van der Waals surface area contributed by atoms with Crippen molar-refractivity contribution in [3.05, 3.63) is 28.2 Å². The predicted octanol–water partition coefficient (Wildman–Crippen LogP) is 1.71. The minimum absolute atomic E-state index is 0.0529. The Kier molecular flexibility index (Phi) is 4.13. The van der Waals surface area contributed by atoms with E-state index in [9.17, 15) is 0 Å². The van der Waals surface area contributed by atoms with E-state index in [1.54, 1.807) is 7.11 Å². The molecule has 0 saturated heterocycles. The Morgan fingerprint density at radius 1 is 1.53 bits per heavy atom. The Balaban J connectivity index is 2.99. The van der Waals surface area contributed by atoms with E-state index in [0.29, 0.717) is 6.42 Å². The Morgan fingerprint density at radius 3 is 2.73 bits per heavy atom. The fraction of sp³-hybridized carbons (Fsp3) is 0.455. The van der Waals surface area contributed by atoms with Crippen LogP contribution in [0.4, 0.5) is 0 Å². The van der Waals surface area contributed by atoms with Crippen LogP contribution in [0.15, 0.2) is 22.7 Å². The maximum Gasteiger partial charge on any atom is 0.136 e. The second-order valence-electron chi connectivity index (χ2n) is 3.92. The van der Waals surface area contributed by atoms with E-state index < -0.39 is 5.54 Å². The number of methoxy groups -OCH3 is 1. The fourth-order valence-electron chi connectivity index (χ4n) is 1.41. The van der Waals surface area contributed by atoms with Crippen molar-refractivity contribution < 1.29 is 9.84 Å². The Labute approximate surface area is 98.4 Å². The normalized spacial score (nSPS) is 14.7. The van der Waals surface area contributed by atoms with Gasteiger partial charge in [-0.05, 0) is 40.9 Å². The summed E-state index contributed by atoms with van der Waals surface area (Å²) >= 11 is 3.41. The van der Waals surface area contributed by atoms with Crippen LogP contribution in [0.2, 0.25) is 0 Å². The zero-order valence-electron chi connectivity index (χ0n) is 8.96. The van der Waals surface area contributed by atoms with Gasteiger partial charge >= 0.3 is 0 Å². The molecule has 4 heteroatoms. The summed E-state index contributed by atoms with van der Waals surface area (Å²) in [6.45, 7) is 1.76.